The van der Waals surface area contributed by atoms with Crippen LogP contribution in [-0.4, -0.2) is 39.5 Å². The number of ether oxygens (including phenoxy) is 5. The van der Waals surface area contributed by atoms with Crippen molar-refractivity contribution < 1.29 is 33.3 Å². The third-order valence-electron chi connectivity index (χ3n) is 4.24. The van der Waals surface area contributed by atoms with Crippen LogP contribution in [-0.2, 0) is 9.53 Å². The highest BCUT2D eigenvalue weighted by molar-refractivity contribution is 5.94. The summed E-state index contributed by atoms with van der Waals surface area (Å²) in [6.45, 7) is 1.59. The van der Waals surface area contributed by atoms with Crippen LogP contribution in [0.4, 0.5) is 0 Å². The van der Waals surface area contributed by atoms with Gasteiger partial charge in [-0.1, -0.05) is 6.07 Å². The van der Waals surface area contributed by atoms with Crippen molar-refractivity contribution in [2.45, 2.75) is 13.0 Å². The lowest BCUT2D eigenvalue weighted by molar-refractivity contribution is -0.124. The minimum absolute atomic E-state index is 0.185. The molecule has 0 saturated carbocycles. The van der Waals surface area contributed by atoms with Crippen LogP contribution in [0.3, 0.4) is 0 Å². The van der Waals surface area contributed by atoms with Crippen molar-refractivity contribution >= 4 is 11.9 Å². The van der Waals surface area contributed by atoms with E-state index in [4.69, 9.17) is 23.7 Å². The first-order valence-electron chi connectivity index (χ1n) is 8.60. The number of benzene rings is 2. The van der Waals surface area contributed by atoms with Gasteiger partial charge in [0.25, 0.3) is 5.91 Å². The summed E-state index contributed by atoms with van der Waals surface area (Å²) in [4.78, 5) is 24.4. The Morgan fingerprint density at radius 1 is 1.07 bits per heavy atom. The fraction of sp³-hybridized carbons (Fsp3) is 0.300. The molecule has 0 fully saturated rings. The Morgan fingerprint density at radius 3 is 2.61 bits per heavy atom. The average Bonchev–Trinajstić information content (AvgIpc) is 3.19. The first-order valence-corrected chi connectivity index (χ1v) is 8.60. The quantitative estimate of drug-likeness (QED) is 0.730. The molecule has 2 aromatic carbocycles. The molecular weight excluding hydrogens is 366 g/mol. The zero-order valence-corrected chi connectivity index (χ0v) is 15.8. The summed E-state index contributed by atoms with van der Waals surface area (Å²) in [5, 5.41) is 2.78. The fourth-order valence-electron chi connectivity index (χ4n) is 2.72. The van der Waals surface area contributed by atoms with E-state index < -0.39 is 18.5 Å². The fourth-order valence-corrected chi connectivity index (χ4v) is 2.72. The van der Waals surface area contributed by atoms with Gasteiger partial charge in [-0.25, -0.2) is 4.79 Å². The summed E-state index contributed by atoms with van der Waals surface area (Å²) in [6.07, 6.45) is 0. The van der Waals surface area contributed by atoms with Crippen LogP contribution in [0.5, 0.6) is 23.0 Å². The second-order valence-electron chi connectivity index (χ2n) is 6.04. The molecule has 1 aliphatic rings. The predicted octanol–water partition coefficient (Wildman–Crippen LogP) is 2.47. The molecule has 0 aliphatic carbocycles. The lowest BCUT2D eigenvalue weighted by Crippen LogP contribution is -2.31. The number of nitrogens with one attached hydrogen (secondary N) is 1. The van der Waals surface area contributed by atoms with Crippen LogP contribution >= 0.6 is 0 Å². The molecule has 1 atom stereocenters. The molecule has 2 aromatic rings. The van der Waals surface area contributed by atoms with Gasteiger partial charge in [-0.3, -0.25) is 4.79 Å². The summed E-state index contributed by atoms with van der Waals surface area (Å²) >= 11 is 0. The van der Waals surface area contributed by atoms with E-state index in [0.717, 1.165) is 5.56 Å². The second kappa shape index (κ2) is 8.51. The number of methoxy groups -OCH3 is 2. The molecule has 148 valence electrons. The minimum atomic E-state index is -0.662. The van der Waals surface area contributed by atoms with Crippen LogP contribution in [0.1, 0.15) is 28.9 Å². The van der Waals surface area contributed by atoms with Crippen molar-refractivity contribution in [1.29, 1.82) is 0 Å². The highest BCUT2D eigenvalue weighted by Gasteiger charge is 2.19. The monoisotopic (exact) mass is 387 g/mol. The molecule has 0 aromatic heterocycles. The van der Waals surface area contributed by atoms with Gasteiger partial charge in [-0.2, -0.15) is 0 Å². The van der Waals surface area contributed by atoms with Gasteiger partial charge in [0.15, 0.2) is 18.1 Å². The van der Waals surface area contributed by atoms with Gasteiger partial charge < -0.3 is 29.0 Å². The van der Waals surface area contributed by atoms with E-state index in [-0.39, 0.29) is 18.4 Å². The van der Waals surface area contributed by atoms with Crippen LogP contribution in [0, 0.1) is 0 Å². The molecule has 1 aliphatic heterocycles. The zero-order valence-electron chi connectivity index (χ0n) is 15.8. The normalized spacial score (nSPS) is 12.8. The molecule has 1 N–H and O–H groups in total. The number of amides is 1. The number of carbonyl (C=O) groups excluding carboxylic acids is 2. The first-order chi connectivity index (χ1) is 13.5. The van der Waals surface area contributed by atoms with Gasteiger partial charge in [0.2, 0.25) is 6.79 Å². The predicted molar refractivity (Wildman–Crippen MR) is 99.0 cm³/mol. The Kier molecular flexibility index (Phi) is 5.88. The first kappa shape index (κ1) is 19.3. The Labute approximate surface area is 162 Å². The lowest BCUT2D eigenvalue weighted by Gasteiger charge is -2.15. The summed E-state index contributed by atoms with van der Waals surface area (Å²) in [7, 11) is 2.95. The average molecular weight is 387 g/mol. The van der Waals surface area contributed by atoms with Gasteiger partial charge in [0, 0.05) is 6.07 Å². The maximum Gasteiger partial charge on any atom is 0.342 e. The van der Waals surface area contributed by atoms with Crippen molar-refractivity contribution in [2.75, 3.05) is 27.6 Å². The van der Waals surface area contributed by atoms with E-state index in [1.165, 1.54) is 20.3 Å². The van der Waals surface area contributed by atoms with Gasteiger partial charge in [-0.15, -0.1) is 0 Å². The van der Waals surface area contributed by atoms with Crippen LogP contribution in [0.15, 0.2) is 36.4 Å². The topological polar surface area (TPSA) is 92.3 Å². The van der Waals surface area contributed by atoms with Crippen molar-refractivity contribution in [2.24, 2.45) is 0 Å². The SMILES string of the molecule is COc1ccc(C(=O)OCC(=O)N[C@@H](C)c2ccc3c(c2)OCO3)c(OC)c1. The van der Waals surface area contributed by atoms with Gasteiger partial charge in [-0.05, 0) is 36.8 Å². The van der Waals surface area contributed by atoms with Gasteiger partial charge in [0.1, 0.15) is 17.1 Å². The molecule has 0 radical (unpaired) electrons. The number of hydrogen-bond acceptors (Lipinski definition) is 7. The number of hydrogen-bond donors (Lipinski definition) is 1. The van der Waals surface area contributed by atoms with E-state index >= 15 is 0 Å². The molecule has 1 heterocycles. The van der Waals surface area contributed by atoms with Gasteiger partial charge >= 0.3 is 5.97 Å². The molecule has 1 amide bonds. The van der Waals surface area contributed by atoms with E-state index in [1.54, 1.807) is 18.2 Å². The third-order valence-corrected chi connectivity index (χ3v) is 4.24. The standard InChI is InChI=1S/C20H21NO7/c1-12(13-4-7-16-18(8-13)28-11-27-16)21-19(22)10-26-20(23)15-6-5-14(24-2)9-17(15)25-3/h4-9,12H,10-11H2,1-3H3,(H,21,22)/t12-/m0/s1. The number of esters is 1. The lowest BCUT2D eigenvalue weighted by atomic mass is 10.1. The maximum absolute atomic E-state index is 12.3. The van der Waals surface area contributed by atoms with E-state index in [0.29, 0.717) is 23.0 Å². The Balaban J connectivity index is 1.56. The summed E-state index contributed by atoms with van der Waals surface area (Å²) in [6, 6.07) is 9.84. The Hall–Kier alpha value is -3.42. The highest BCUT2D eigenvalue weighted by atomic mass is 16.7. The molecule has 8 heteroatoms. The second-order valence-corrected chi connectivity index (χ2v) is 6.04. The maximum atomic E-state index is 12.3. The summed E-state index contributed by atoms with van der Waals surface area (Å²) in [5.74, 6) is 1.07. The Bertz CT molecular complexity index is 881. The van der Waals surface area contributed by atoms with E-state index in [2.05, 4.69) is 5.32 Å². The van der Waals surface area contributed by atoms with Crippen molar-refractivity contribution in [3.63, 3.8) is 0 Å². The number of fused-ring (bicyclic) bond motifs is 1. The highest BCUT2D eigenvalue weighted by Crippen LogP contribution is 2.34. The van der Waals surface area contributed by atoms with E-state index in [9.17, 15) is 9.59 Å². The van der Waals surface area contributed by atoms with E-state index in [1.807, 2.05) is 19.1 Å². The van der Waals surface area contributed by atoms with Gasteiger partial charge in [0.05, 0.1) is 20.3 Å². The molecule has 0 unspecified atom stereocenters. The third kappa shape index (κ3) is 4.28. The summed E-state index contributed by atoms with van der Waals surface area (Å²) < 4.78 is 26.0. The van der Waals surface area contributed by atoms with Crippen LogP contribution in [0.25, 0.3) is 0 Å². The molecule has 3 rings (SSSR count). The molecule has 0 saturated heterocycles. The number of rotatable bonds is 7. The molecule has 8 nitrogen and oxygen atoms in total. The molecule has 28 heavy (non-hydrogen) atoms. The summed E-state index contributed by atoms with van der Waals surface area (Å²) in [5.41, 5.74) is 1.06. The number of carbonyl (C=O) groups is 2. The molecular formula is C20H21NO7. The molecule has 0 bridgehead atoms. The smallest absolute Gasteiger partial charge is 0.342 e. The van der Waals surface area contributed by atoms with Crippen LogP contribution < -0.4 is 24.3 Å². The largest absolute Gasteiger partial charge is 0.497 e. The van der Waals surface area contributed by atoms with Crippen molar-refractivity contribution in [3.05, 3.63) is 47.5 Å². The molecule has 0 spiro atoms. The Morgan fingerprint density at radius 2 is 1.86 bits per heavy atom. The minimum Gasteiger partial charge on any atom is -0.497 e. The van der Waals surface area contributed by atoms with Crippen molar-refractivity contribution in [3.8, 4) is 23.0 Å². The van der Waals surface area contributed by atoms with Crippen LogP contribution in [0.2, 0.25) is 0 Å². The zero-order chi connectivity index (χ0) is 20.1. The van der Waals surface area contributed by atoms with Crippen molar-refractivity contribution in [1.82, 2.24) is 5.32 Å².